The standard InChI is InChI=1S/C19H23N5O5S/c1-11-7-16(25)24(19(11)26)9-12-13(22-30(27,28)15-5-4-6-20-15)8-14-17(18(12)29-3)21-10-23(14)2/h4-6,8,11,20-22H,7,9-10H2,1-3H3. The number of likely N-dealkylation sites (tertiary alicyclic amines) is 1. The molecule has 11 heteroatoms. The summed E-state index contributed by atoms with van der Waals surface area (Å²) in [6.45, 7) is 2.12. The van der Waals surface area contributed by atoms with E-state index in [9.17, 15) is 18.0 Å². The van der Waals surface area contributed by atoms with Gasteiger partial charge in [0.15, 0.2) is 10.8 Å². The zero-order valence-electron chi connectivity index (χ0n) is 16.9. The SMILES string of the molecule is COc1c(CN2C(=O)CC(C)C2=O)c(NS(=O)(=O)c2ccc[nH]2)cc2c1NCN2C. The lowest BCUT2D eigenvalue weighted by Gasteiger charge is -2.23. The topological polar surface area (TPSA) is 124 Å². The first kappa shape index (κ1) is 20.1. The number of nitrogens with zero attached hydrogens (tertiary/aromatic N) is 2. The summed E-state index contributed by atoms with van der Waals surface area (Å²) in [7, 11) is -0.584. The van der Waals surface area contributed by atoms with Crippen LogP contribution in [0.4, 0.5) is 17.1 Å². The summed E-state index contributed by atoms with van der Waals surface area (Å²) < 4.78 is 33.9. The number of imide groups is 1. The smallest absolute Gasteiger partial charge is 0.277 e. The predicted molar refractivity (Wildman–Crippen MR) is 111 cm³/mol. The van der Waals surface area contributed by atoms with Gasteiger partial charge in [0.2, 0.25) is 11.8 Å². The van der Waals surface area contributed by atoms with Crippen LogP contribution in [-0.2, 0) is 26.2 Å². The molecule has 2 amide bonds. The highest BCUT2D eigenvalue weighted by molar-refractivity contribution is 7.92. The number of anilines is 3. The number of methoxy groups -OCH3 is 1. The van der Waals surface area contributed by atoms with Crippen LogP contribution in [0.25, 0.3) is 0 Å². The molecule has 4 rings (SSSR count). The Hall–Kier alpha value is -3.21. The number of sulfonamides is 1. The molecule has 3 N–H and O–H groups in total. The summed E-state index contributed by atoms with van der Waals surface area (Å²) in [5.74, 6) is -0.591. The molecule has 3 heterocycles. The van der Waals surface area contributed by atoms with Gasteiger partial charge in [-0.2, -0.15) is 8.42 Å². The van der Waals surface area contributed by atoms with E-state index in [4.69, 9.17) is 4.74 Å². The summed E-state index contributed by atoms with van der Waals surface area (Å²) in [4.78, 5) is 30.6. The Bertz CT molecular complexity index is 1110. The minimum Gasteiger partial charge on any atom is -0.494 e. The van der Waals surface area contributed by atoms with E-state index in [2.05, 4.69) is 15.0 Å². The highest BCUT2D eigenvalue weighted by Crippen LogP contribution is 2.46. The number of ether oxygens (including phenoxy) is 1. The van der Waals surface area contributed by atoms with Crippen molar-refractivity contribution in [3.8, 4) is 5.75 Å². The number of hydrogen-bond donors (Lipinski definition) is 3. The molecule has 160 valence electrons. The van der Waals surface area contributed by atoms with E-state index in [0.29, 0.717) is 23.7 Å². The second-order valence-electron chi connectivity index (χ2n) is 7.43. The molecule has 0 saturated carbocycles. The number of carbonyl (C=O) groups excluding carboxylic acids is 2. The van der Waals surface area contributed by atoms with Crippen LogP contribution in [0.15, 0.2) is 29.4 Å². The first-order valence-electron chi connectivity index (χ1n) is 9.42. The third kappa shape index (κ3) is 3.24. The third-order valence-electron chi connectivity index (χ3n) is 5.36. The van der Waals surface area contributed by atoms with E-state index >= 15 is 0 Å². The molecule has 2 aromatic rings. The van der Waals surface area contributed by atoms with E-state index in [1.807, 2.05) is 11.9 Å². The second-order valence-corrected chi connectivity index (χ2v) is 9.08. The number of carbonyl (C=O) groups is 2. The van der Waals surface area contributed by atoms with Crippen molar-refractivity contribution in [3.63, 3.8) is 0 Å². The highest BCUT2D eigenvalue weighted by atomic mass is 32.2. The van der Waals surface area contributed by atoms with Gasteiger partial charge in [0.1, 0.15) is 5.69 Å². The number of hydrogen-bond acceptors (Lipinski definition) is 7. The summed E-state index contributed by atoms with van der Waals surface area (Å²) in [6.07, 6.45) is 1.65. The zero-order valence-corrected chi connectivity index (χ0v) is 17.7. The number of H-pyrrole nitrogens is 1. The molecule has 1 fully saturated rings. The fraction of sp³-hybridized carbons (Fsp3) is 0.368. The highest BCUT2D eigenvalue weighted by Gasteiger charge is 2.37. The molecule has 1 aromatic heterocycles. The molecular weight excluding hydrogens is 410 g/mol. The normalized spacial score (nSPS) is 18.6. The Morgan fingerprint density at radius 3 is 2.70 bits per heavy atom. The molecule has 1 aromatic carbocycles. The summed E-state index contributed by atoms with van der Waals surface area (Å²) in [6, 6.07) is 4.71. The average Bonchev–Trinajstić information content (AvgIpc) is 3.40. The number of rotatable bonds is 6. The number of aromatic nitrogens is 1. The Morgan fingerprint density at radius 1 is 1.33 bits per heavy atom. The molecule has 1 atom stereocenters. The summed E-state index contributed by atoms with van der Waals surface area (Å²) in [5, 5.41) is 3.21. The van der Waals surface area contributed by atoms with Crippen LogP contribution < -0.4 is 19.7 Å². The Labute approximate surface area is 174 Å². The number of fused-ring (bicyclic) bond motifs is 1. The molecule has 0 aliphatic carbocycles. The van der Waals surface area contributed by atoms with Crippen molar-refractivity contribution in [2.24, 2.45) is 5.92 Å². The molecular formula is C19H23N5O5S. The number of benzene rings is 1. The van der Waals surface area contributed by atoms with E-state index in [1.165, 1.54) is 19.4 Å². The molecule has 2 aliphatic rings. The fourth-order valence-corrected chi connectivity index (χ4v) is 4.83. The van der Waals surface area contributed by atoms with Crippen molar-refractivity contribution in [3.05, 3.63) is 30.0 Å². The Kier molecular flexibility index (Phi) is 4.85. The maximum atomic E-state index is 12.9. The molecule has 0 spiro atoms. The van der Waals surface area contributed by atoms with Crippen LogP contribution in [0, 0.1) is 5.92 Å². The van der Waals surface area contributed by atoms with Gasteiger partial charge in [-0.3, -0.25) is 19.2 Å². The van der Waals surface area contributed by atoms with Gasteiger partial charge in [-0.05, 0) is 18.2 Å². The quantitative estimate of drug-likeness (QED) is 0.590. The number of amides is 2. The van der Waals surface area contributed by atoms with Gasteiger partial charge in [-0.25, -0.2) is 0 Å². The lowest BCUT2D eigenvalue weighted by molar-refractivity contribution is -0.139. The van der Waals surface area contributed by atoms with Gasteiger partial charge < -0.3 is 19.9 Å². The largest absolute Gasteiger partial charge is 0.494 e. The molecule has 10 nitrogen and oxygen atoms in total. The number of aromatic amines is 1. The predicted octanol–water partition coefficient (Wildman–Crippen LogP) is 1.54. The van der Waals surface area contributed by atoms with Crippen molar-refractivity contribution in [2.45, 2.75) is 24.9 Å². The third-order valence-corrected chi connectivity index (χ3v) is 6.68. The van der Waals surface area contributed by atoms with E-state index in [-0.39, 0.29) is 35.5 Å². The molecule has 1 unspecified atom stereocenters. The van der Waals surface area contributed by atoms with Crippen molar-refractivity contribution in [2.75, 3.05) is 35.8 Å². The van der Waals surface area contributed by atoms with Crippen molar-refractivity contribution in [1.82, 2.24) is 9.88 Å². The minimum absolute atomic E-state index is 0.00124. The molecule has 2 aliphatic heterocycles. The van der Waals surface area contributed by atoms with Crippen LogP contribution in [0.2, 0.25) is 0 Å². The zero-order chi connectivity index (χ0) is 21.6. The van der Waals surface area contributed by atoms with E-state index in [1.54, 1.807) is 19.1 Å². The maximum Gasteiger partial charge on any atom is 0.277 e. The van der Waals surface area contributed by atoms with E-state index < -0.39 is 15.9 Å². The first-order chi connectivity index (χ1) is 14.2. The maximum absolute atomic E-state index is 12.9. The van der Waals surface area contributed by atoms with Gasteiger partial charge in [0.25, 0.3) is 10.0 Å². The van der Waals surface area contributed by atoms with Crippen molar-refractivity contribution in [1.29, 1.82) is 0 Å². The lowest BCUT2D eigenvalue weighted by Crippen LogP contribution is -2.30. The average molecular weight is 433 g/mol. The summed E-state index contributed by atoms with van der Waals surface area (Å²) in [5.41, 5.74) is 2.08. The van der Waals surface area contributed by atoms with Crippen LogP contribution in [0.1, 0.15) is 18.9 Å². The van der Waals surface area contributed by atoms with Crippen LogP contribution in [-0.4, -0.2) is 50.9 Å². The first-order valence-corrected chi connectivity index (χ1v) is 10.9. The van der Waals surface area contributed by atoms with Crippen LogP contribution >= 0.6 is 0 Å². The molecule has 1 saturated heterocycles. The second kappa shape index (κ2) is 7.24. The monoisotopic (exact) mass is 433 g/mol. The fourth-order valence-electron chi connectivity index (χ4n) is 3.77. The van der Waals surface area contributed by atoms with E-state index in [0.717, 1.165) is 10.6 Å². The van der Waals surface area contributed by atoms with Crippen molar-refractivity contribution >= 4 is 38.9 Å². The Balaban J connectivity index is 1.83. The van der Waals surface area contributed by atoms with Gasteiger partial charge >= 0.3 is 0 Å². The molecule has 0 bridgehead atoms. The van der Waals surface area contributed by atoms with Gasteiger partial charge in [-0.1, -0.05) is 6.92 Å². The van der Waals surface area contributed by atoms with Crippen molar-refractivity contribution < 1.29 is 22.7 Å². The minimum atomic E-state index is -3.91. The van der Waals surface area contributed by atoms with Crippen LogP contribution in [0.3, 0.4) is 0 Å². The van der Waals surface area contributed by atoms with Gasteiger partial charge in [-0.15, -0.1) is 0 Å². The molecule has 0 radical (unpaired) electrons. The Morgan fingerprint density at radius 2 is 2.10 bits per heavy atom. The summed E-state index contributed by atoms with van der Waals surface area (Å²) >= 11 is 0. The van der Waals surface area contributed by atoms with Gasteiger partial charge in [0, 0.05) is 31.1 Å². The van der Waals surface area contributed by atoms with Gasteiger partial charge in [0.05, 0.1) is 31.7 Å². The number of nitrogens with one attached hydrogen (secondary N) is 3. The molecule has 30 heavy (non-hydrogen) atoms. The van der Waals surface area contributed by atoms with Crippen LogP contribution in [0.5, 0.6) is 5.75 Å². The lowest BCUT2D eigenvalue weighted by atomic mass is 10.1.